The number of halogens is 4. The highest BCUT2D eigenvalue weighted by Gasteiger charge is 2.18. The standard InChI is InChI=1S/C12H15F2NO2S.C8H6F2O2.C4H11NOS.CH4/c1-12(2,3)18(16)15-8-9-5-4-6-10(7-9)17-11(13)14;9-8(10)12-7-3-1-2-6(4-7)5-11;1-4(2,3)7(5)6;/h4-8,11H,1-3H3;1-5,8H;5H2,1-3H3;1H4/t18-;;7-;/m1.1./s1. The van der Waals surface area contributed by atoms with Crippen LogP contribution >= 0.6 is 0 Å². The van der Waals surface area contributed by atoms with Gasteiger partial charge in [-0.05, 0) is 71.4 Å². The van der Waals surface area contributed by atoms with Crippen LogP contribution in [0.1, 0.15) is 64.9 Å². The van der Waals surface area contributed by atoms with Gasteiger partial charge in [0.2, 0.25) is 0 Å². The molecule has 0 spiro atoms. The van der Waals surface area contributed by atoms with Gasteiger partial charge in [-0.25, -0.2) is 8.42 Å². The fraction of sp³-hybridized carbons (Fsp3) is 0.440. The van der Waals surface area contributed by atoms with Crippen LogP contribution < -0.4 is 14.6 Å². The Kier molecular flexibility index (Phi) is 17.6. The zero-order chi connectivity index (χ0) is 28.8. The van der Waals surface area contributed by atoms with Crippen molar-refractivity contribution in [2.45, 2.75) is 71.7 Å². The molecular formula is C25H36F4N2O5S2. The number of ether oxygens (including phenoxy) is 2. The van der Waals surface area contributed by atoms with Crippen molar-refractivity contribution in [3.63, 3.8) is 0 Å². The van der Waals surface area contributed by atoms with Gasteiger partial charge in [-0.1, -0.05) is 31.7 Å². The maximum atomic E-state index is 12.0. The number of alkyl halides is 4. The molecule has 0 amide bonds. The fourth-order valence-electron chi connectivity index (χ4n) is 1.80. The number of nitrogens with two attached hydrogens (primary N) is 1. The van der Waals surface area contributed by atoms with Gasteiger partial charge < -0.3 is 9.47 Å². The number of hydrogen-bond acceptors (Lipinski definition) is 5. The minimum Gasteiger partial charge on any atom is -0.435 e. The van der Waals surface area contributed by atoms with Gasteiger partial charge in [-0.15, -0.1) is 0 Å². The monoisotopic (exact) mass is 584 g/mol. The van der Waals surface area contributed by atoms with Crippen LogP contribution in [0.25, 0.3) is 0 Å². The van der Waals surface area contributed by atoms with E-state index in [-0.39, 0.29) is 23.7 Å². The molecule has 2 N–H and O–H groups in total. The lowest BCUT2D eigenvalue weighted by Crippen LogP contribution is -2.27. The van der Waals surface area contributed by atoms with Crippen molar-refractivity contribution in [1.29, 1.82) is 0 Å². The van der Waals surface area contributed by atoms with Crippen molar-refractivity contribution < 1.29 is 40.2 Å². The molecule has 0 bridgehead atoms. The van der Waals surface area contributed by atoms with E-state index in [1.165, 1.54) is 42.6 Å². The summed E-state index contributed by atoms with van der Waals surface area (Å²) in [7, 11) is -2.56. The van der Waals surface area contributed by atoms with Crippen LogP contribution in [0.5, 0.6) is 11.5 Å². The molecule has 38 heavy (non-hydrogen) atoms. The second-order valence-corrected chi connectivity index (χ2v) is 12.8. The second kappa shape index (κ2) is 17.8. The summed E-state index contributed by atoms with van der Waals surface area (Å²) in [5.74, 6) is 0.0464. The second-order valence-electron chi connectivity index (χ2n) is 9.03. The van der Waals surface area contributed by atoms with Crippen molar-refractivity contribution >= 4 is 34.5 Å². The van der Waals surface area contributed by atoms with Crippen LogP contribution in [0.15, 0.2) is 52.9 Å². The van der Waals surface area contributed by atoms with Crippen molar-refractivity contribution in [3.05, 3.63) is 59.7 Å². The van der Waals surface area contributed by atoms with Crippen molar-refractivity contribution in [1.82, 2.24) is 0 Å². The topological polar surface area (TPSA) is 108 Å². The average molecular weight is 585 g/mol. The SMILES string of the molecule is C.CC(C)(C)[S@@](=O)N=Cc1cccc(OC(F)F)c1.CC(C)(C)[S@](N)=O.O=Cc1cccc(OC(F)F)c1. The smallest absolute Gasteiger partial charge is 0.387 e. The molecule has 2 aromatic carbocycles. The summed E-state index contributed by atoms with van der Waals surface area (Å²) in [4.78, 5) is 10.2. The lowest BCUT2D eigenvalue weighted by Gasteiger charge is -2.12. The van der Waals surface area contributed by atoms with E-state index in [9.17, 15) is 30.8 Å². The number of carbonyl (C=O) groups excluding carboxylic acids is 1. The maximum absolute atomic E-state index is 12.0. The first kappa shape index (κ1) is 37.5. The number of benzene rings is 2. The summed E-state index contributed by atoms with van der Waals surface area (Å²) in [6.07, 6.45) is 1.96. The van der Waals surface area contributed by atoms with E-state index in [1.54, 1.807) is 32.9 Å². The Morgan fingerprint density at radius 1 is 0.816 bits per heavy atom. The lowest BCUT2D eigenvalue weighted by molar-refractivity contribution is -0.0505. The van der Waals surface area contributed by atoms with Crippen LogP contribution in [0.4, 0.5) is 17.6 Å². The van der Waals surface area contributed by atoms with Crippen LogP contribution in [0.3, 0.4) is 0 Å². The minimum atomic E-state index is -2.86. The van der Waals surface area contributed by atoms with Gasteiger partial charge >= 0.3 is 13.2 Å². The van der Waals surface area contributed by atoms with Crippen LogP contribution in [0.2, 0.25) is 0 Å². The van der Waals surface area contributed by atoms with Gasteiger partial charge in [0.15, 0.2) is 0 Å². The fourth-order valence-corrected chi connectivity index (χ4v) is 2.34. The van der Waals surface area contributed by atoms with Crippen molar-refractivity contribution in [2.24, 2.45) is 9.54 Å². The van der Waals surface area contributed by atoms with E-state index >= 15 is 0 Å². The molecule has 0 saturated heterocycles. The Labute approximate surface area is 227 Å². The van der Waals surface area contributed by atoms with Gasteiger partial charge in [0, 0.05) is 11.8 Å². The molecule has 0 unspecified atom stereocenters. The van der Waals surface area contributed by atoms with E-state index in [0.29, 0.717) is 17.4 Å². The molecule has 2 aromatic rings. The highest BCUT2D eigenvalue weighted by molar-refractivity contribution is 7.85. The molecule has 216 valence electrons. The van der Waals surface area contributed by atoms with E-state index < -0.39 is 39.9 Å². The van der Waals surface area contributed by atoms with Crippen LogP contribution in [0, 0.1) is 0 Å². The van der Waals surface area contributed by atoms with Gasteiger partial charge in [-0.3, -0.25) is 9.93 Å². The first-order valence-electron chi connectivity index (χ1n) is 10.6. The summed E-state index contributed by atoms with van der Waals surface area (Å²) >= 11 is 0. The molecule has 0 heterocycles. The third-order valence-electron chi connectivity index (χ3n) is 3.73. The van der Waals surface area contributed by atoms with E-state index in [0.717, 1.165) is 0 Å². The molecule has 0 saturated carbocycles. The van der Waals surface area contributed by atoms with E-state index in [1.807, 2.05) is 20.8 Å². The van der Waals surface area contributed by atoms with Gasteiger partial charge in [-0.2, -0.15) is 22.0 Å². The lowest BCUT2D eigenvalue weighted by atomic mass is 10.2. The summed E-state index contributed by atoms with van der Waals surface area (Å²) in [6.45, 7) is 5.20. The Morgan fingerprint density at radius 2 is 1.21 bits per heavy atom. The predicted molar refractivity (Wildman–Crippen MR) is 146 cm³/mol. The Hall–Kier alpha value is -2.64. The molecule has 2 atom stereocenters. The Morgan fingerprint density at radius 3 is 1.55 bits per heavy atom. The predicted octanol–water partition coefficient (Wildman–Crippen LogP) is 6.31. The molecule has 0 aliphatic carbocycles. The third-order valence-corrected chi connectivity index (χ3v) is 6.28. The normalized spacial score (nSPS) is 12.9. The zero-order valence-corrected chi connectivity index (χ0v) is 23.0. The Bertz CT molecular complexity index is 1060. The van der Waals surface area contributed by atoms with E-state index in [4.69, 9.17) is 5.14 Å². The summed E-state index contributed by atoms with van der Waals surface area (Å²) in [5, 5.41) is 5.04. The molecule has 0 aliphatic rings. The number of nitrogens with zero attached hydrogens (tertiary/aromatic N) is 1. The number of aldehydes is 1. The summed E-state index contributed by atoms with van der Waals surface area (Å²) < 4.78 is 80.9. The number of rotatable bonds is 7. The maximum Gasteiger partial charge on any atom is 0.387 e. The highest BCUT2D eigenvalue weighted by Crippen LogP contribution is 2.17. The van der Waals surface area contributed by atoms with Crippen LogP contribution in [-0.4, -0.2) is 43.6 Å². The molecule has 13 heteroatoms. The average Bonchev–Trinajstić information content (AvgIpc) is 2.76. The molecule has 0 radical (unpaired) electrons. The third kappa shape index (κ3) is 17.8. The quantitative estimate of drug-likeness (QED) is 0.233. The highest BCUT2D eigenvalue weighted by atomic mass is 32.2. The van der Waals surface area contributed by atoms with Gasteiger partial charge in [0.05, 0.1) is 20.5 Å². The first-order valence-corrected chi connectivity index (χ1v) is 12.9. The zero-order valence-electron chi connectivity index (χ0n) is 21.3. The molecular weight excluding hydrogens is 548 g/mol. The van der Waals surface area contributed by atoms with Crippen molar-refractivity contribution in [2.75, 3.05) is 0 Å². The number of hydrogen-bond donors (Lipinski definition) is 1. The molecule has 0 fully saturated rings. The number of carbonyl (C=O) groups is 1. The first-order chi connectivity index (χ1) is 16.9. The van der Waals surface area contributed by atoms with E-state index in [2.05, 4.69) is 13.9 Å². The van der Waals surface area contributed by atoms with Gasteiger partial charge in [0.25, 0.3) is 0 Å². The van der Waals surface area contributed by atoms with Crippen molar-refractivity contribution in [3.8, 4) is 11.5 Å². The molecule has 0 aromatic heterocycles. The molecule has 2 rings (SSSR count). The largest absolute Gasteiger partial charge is 0.435 e. The molecule has 0 aliphatic heterocycles. The summed E-state index contributed by atoms with van der Waals surface area (Å²) in [6, 6.07) is 11.7. The minimum absolute atomic E-state index is 0. The molecule has 7 nitrogen and oxygen atoms in total. The summed E-state index contributed by atoms with van der Waals surface area (Å²) in [5.41, 5.74) is 0.874. The van der Waals surface area contributed by atoms with Crippen LogP contribution in [-0.2, 0) is 22.0 Å². The van der Waals surface area contributed by atoms with Gasteiger partial charge in [0.1, 0.15) is 28.8 Å². The Balaban J connectivity index is 0.